The Labute approximate surface area is 79.8 Å². The molecular formula is C10H6ClFO. The van der Waals surface area contributed by atoms with Crippen LogP contribution in [0.1, 0.15) is 15.9 Å². The van der Waals surface area contributed by atoms with E-state index in [2.05, 4.69) is 0 Å². The van der Waals surface area contributed by atoms with Gasteiger partial charge in [0.2, 0.25) is 5.13 Å². The third-order valence-corrected chi connectivity index (χ3v) is 2.33. The van der Waals surface area contributed by atoms with E-state index < -0.39 is 5.13 Å². The first-order chi connectivity index (χ1) is 6.11. The van der Waals surface area contributed by atoms with E-state index in [0.29, 0.717) is 5.56 Å². The number of ketones is 1. The van der Waals surface area contributed by atoms with E-state index in [1.807, 2.05) is 0 Å². The van der Waals surface area contributed by atoms with Crippen LogP contribution >= 0.6 is 11.6 Å². The standard InChI is InChI=1S/C10H6ClFO/c11-10(12)6-5-9(13)7-3-1-2-4-8(7)10/h1-6H. The molecule has 0 radical (unpaired) electrons. The topological polar surface area (TPSA) is 17.1 Å². The molecule has 0 spiro atoms. The van der Waals surface area contributed by atoms with Crippen molar-refractivity contribution in [2.24, 2.45) is 0 Å². The van der Waals surface area contributed by atoms with Gasteiger partial charge in [0.25, 0.3) is 0 Å². The van der Waals surface area contributed by atoms with Gasteiger partial charge in [0.05, 0.1) is 0 Å². The molecule has 0 bridgehead atoms. The van der Waals surface area contributed by atoms with Gasteiger partial charge in [-0.2, -0.15) is 0 Å². The lowest BCUT2D eigenvalue weighted by molar-refractivity contribution is 0.103. The van der Waals surface area contributed by atoms with Gasteiger partial charge < -0.3 is 0 Å². The molecule has 0 heterocycles. The van der Waals surface area contributed by atoms with Crippen LogP contribution in [0.5, 0.6) is 0 Å². The molecule has 1 unspecified atom stereocenters. The average molecular weight is 197 g/mol. The maximum absolute atomic E-state index is 13.6. The molecular weight excluding hydrogens is 191 g/mol. The Bertz CT molecular complexity index is 396. The van der Waals surface area contributed by atoms with Gasteiger partial charge in [-0.25, -0.2) is 4.39 Å². The van der Waals surface area contributed by atoms with Gasteiger partial charge in [0, 0.05) is 11.1 Å². The molecule has 66 valence electrons. The second-order valence-corrected chi connectivity index (χ2v) is 3.42. The summed E-state index contributed by atoms with van der Waals surface area (Å²) in [6, 6.07) is 6.42. The fraction of sp³-hybridized carbons (Fsp3) is 0.100. The minimum atomic E-state index is -2.04. The molecule has 0 aliphatic heterocycles. The number of carbonyl (C=O) groups excluding carboxylic acids is 1. The molecule has 0 amide bonds. The number of benzene rings is 1. The largest absolute Gasteiger partial charge is 0.289 e. The number of rotatable bonds is 0. The smallest absolute Gasteiger partial charge is 0.228 e. The summed E-state index contributed by atoms with van der Waals surface area (Å²) in [6.45, 7) is 0. The number of alkyl halides is 2. The lowest BCUT2D eigenvalue weighted by atomic mass is 9.94. The van der Waals surface area contributed by atoms with Crippen molar-refractivity contribution in [3.63, 3.8) is 0 Å². The number of hydrogen-bond acceptors (Lipinski definition) is 1. The Hall–Kier alpha value is -1.15. The summed E-state index contributed by atoms with van der Waals surface area (Å²) in [7, 11) is 0. The highest BCUT2D eigenvalue weighted by Gasteiger charge is 2.33. The van der Waals surface area contributed by atoms with Crippen molar-refractivity contribution in [3.8, 4) is 0 Å². The maximum atomic E-state index is 13.6. The summed E-state index contributed by atoms with van der Waals surface area (Å²) >= 11 is 5.56. The predicted molar refractivity (Wildman–Crippen MR) is 48.6 cm³/mol. The zero-order chi connectivity index (χ0) is 9.47. The minimum Gasteiger partial charge on any atom is -0.289 e. The summed E-state index contributed by atoms with van der Waals surface area (Å²) in [5, 5.41) is -2.04. The molecule has 3 heteroatoms. The van der Waals surface area contributed by atoms with E-state index in [-0.39, 0.29) is 11.3 Å². The lowest BCUT2D eigenvalue weighted by Crippen LogP contribution is -2.18. The van der Waals surface area contributed by atoms with Crippen LogP contribution in [-0.2, 0) is 5.13 Å². The van der Waals surface area contributed by atoms with Gasteiger partial charge in [0.15, 0.2) is 5.78 Å². The summed E-state index contributed by atoms with van der Waals surface area (Å²) in [6.07, 6.45) is 2.23. The summed E-state index contributed by atoms with van der Waals surface area (Å²) in [4.78, 5) is 11.3. The Morgan fingerprint density at radius 2 is 2.00 bits per heavy atom. The number of allylic oxidation sites excluding steroid dienone is 2. The van der Waals surface area contributed by atoms with Crippen molar-refractivity contribution in [2.45, 2.75) is 5.13 Å². The first-order valence-electron chi connectivity index (χ1n) is 3.82. The van der Waals surface area contributed by atoms with Crippen LogP contribution in [0, 0.1) is 0 Å². The maximum Gasteiger partial charge on any atom is 0.228 e. The van der Waals surface area contributed by atoms with Gasteiger partial charge in [0.1, 0.15) is 0 Å². The summed E-state index contributed by atoms with van der Waals surface area (Å²) in [5.74, 6) is -0.204. The van der Waals surface area contributed by atoms with E-state index >= 15 is 0 Å². The SMILES string of the molecule is O=C1C=CC(F)(Cl)c2ccccc21. The minimum absolute atomic E-state index is 0.204. The van der Waals surface area contributed by atoms with Crippen LogP contribution < -0.4 is 0 Å². The number of carbonyl (C=O) groups is 1. The Balaban J connectivity index is 2.68. The fourth-order valence-electron chi connectivity index (χ4n) is 1.35. The number of fused-ring (bicyclic) bond motifs is 1. The van der Waals surface area contributed by atoms with Crippen LogP contribution in [0.15, 0.2) is 36.4 Å². The normalized spacial score (nSPS) is 25.8. The summed E-state index contributed by atoms with van der Waals surface area (Å²) < 4.78 is 13.6. The molecule has 0 saturated heterocycles. The molecule has 13 heavy (non-hydrogen) atoms. The van der Waals surface area contributed by atoms with Crippen molar-refractivity contribution in [1.82, 2.24) is 0 Å². The van der Waals surface area contributed by atoms with Crippen LogP contribution in [0.2, 0.25) is 0 Å². The predicted octanol–water partition coefficient (Wildman–Crippen LogP) is 2.80. The fourth-order valence-corrected chi connectivity index (χ4v) is 1.58. The third-order valence-electron chi connectivity index (χ3n) is 2.00. The van der Waals surface area contributed by atoms with Gasteiger partial charge in [-0.1, -0.05) is 35.9 Å². The van der Waals surface area contributed by atoms with Gasteiger partial charge in [-0.05, 0) is 12.2 Å². The molecule has 2 rings (SSSR count). The molecule has 1 aromatic carbocycles. The highest BCUT2D eigenvalue weighted by Crippen LogP contribution is 2.37. The Morgan fingerprint density at radius 1 is 1.31 bits per heavy atom. The first-order valence-corrected chi connectivity index (χ1v) is 4.20. The highest BCUT2D eigenvalue weighted by atomic mass is 35.5. The molecule has 1 aliphatic rings. The molecule has 0 N–H and O–H groups in total. The van der Waals surface area contributed by atoms with Crippen LogP contribution in [0.3, 0.4) is 0 Å². The molecule has 0 fully saturated rings. The Kier molecular flexibility index (Phi) is 1.74. The summed E-state index contributed by atoms with van der Waals surface area (Å²) in [5.41, 5.74) is 0.562. The van der Waals surface area contributed by atoms with Crippen LogP contribution in [0.25, 0.3) is 0 Å². The van der Waals surface area contributed by atoms with Crippen LogP contribution in [0.4, 0.5) is 4.39 Å². The van der Waals surface area contributed by atoms with Crippen molar-refractivity contribution in [1.29, 1.82) is 0 Å². The number of halogens is 2. The van der Waals surface area contributed by atoms with Crippen molar-refractivity contribution >= 4 is 17.4 Å². The monoisotopic (exact) mass is 196 g/mol. The zero-order valence-corrected chi connectivity index (χ0v) is 7.38. The quantitative estimate of drug-likeness (QED) is 0.584. The molecule has 1 aliphatic carbocycles. The van der Waals surface area contributed by atoms with E-state index in [0.717, 1.165) is 12.2 Å². The van der Waals surface area contributed by atoms with E-state index in [1.165, 1.54) is 6.07 Å². The highest BCUT2D eigenvalue weighted by molar-refractivity contribution is 6.26. The van der Waals surface area contributed by atoms with E-state index in [9.17, 15) is 9.18 Å². The molecule has 1 nitrogen and oxygen atoms in total. The van der Waals surface area contributed by atoms with Crippen molar-refractivity contribution in [3.05, 3.63) is 47.5 Å². The third kappa shape index (κ3) is 1.27. The van der Waals surface area contributed by atoms with E-state index in [1.54, 1.807) is 18.2 Å². The molecule has 1 aromatic rings. The zero-order valence-electron chi connectivity index (χ0n) is 6.63. The van der Waals surface area contributed by atoms with E-state index in [4.69, 9.17) is 11.6 Å². The van der Waals surface area contributed by atoms with Gasteiger partial charge in [-0.15, -0.1) is 0 Å². The molecule has 0 aromatic heterocycles. The number of hydrogen-bond donors (Lipinski definition) is 0. The second kappa shape index (κ2) is 2.67. The Morgan fingerprint density at radius 3 is 2.69 bits per heavy atom. The van der Waals surface area contributed by atoms with Crippen molar-refractivity contribution in [2.75, 3.05) is 0 Å². The second-order valence-electron chi connectivity index (χ2n) is 2.87. The van der Waals surface area contributed by atoms with Gasteiger partial charge in [-0.3, -0.25) is 4.79 Å². The molecule has 1 atom stereocenters. The average Bonchev–Trinajstić information content (AvgIpc) is 2.13. The van der Waals surface area contributed by atoms with Crippen LogP contribution in [-0.4, -0.2) is 5.78 Å². The molecule has 0 saturated carbocycles. The van der Waals surface area contributed by atoms with Crippen molar-refractivity contribution < 1.29 is 9.18 Å². The first kappa shape index (κ1) is 8.45. The van der Waals surface area contributed by atoms with Gasteiger partial charge >= 0.3 is 0 Å². The lowest BCUT2D eigenvalue weighted by Gasteiger charge is -2.20.